The normalized spacial score (nSPS) is 16.0. The summed E-state index contributed by atoms with van der Waals surface area (Å²) in [5.41, 5.74) is 1.06. The second-order valence-corrected chi connectivity index (χ2v) is 6.71. The Morgan fingerprint density at radius 2 is 1.92 bits per heavy atom. The molecule has 1 aromatic carbocycles. The molecule has 1 unspecified atom stereocenters. The van der Waals surface area contributed by atoms with Crippen molar-refractivity contribution in [3.8, 4) is 0 Å². The Morgan fingerprint density at radius 3 is 2.60 bits per heavy atom. The van der Waals surface area contributed by atoms with Crippen LogP contribution in [-0.4, -0.2) is 28.9 Å². The Bertz CT molecular complexity index is 624. The molecule has 25 heavy (non-hydrogen) atoms. The number of anilines is 1. The molecule has 1 atom stereocenters. The van der Waals surface area contributed by atoms with E-state index in [1.54, 1.807) is 31.2 Å². The SMILES string of the molecule is CC(CCC(=O)O)NC(=O)c1cccc(NC(=O)C2CCCCC2)c1. The van der Waals surface area contributed by atoms with Gasteiger partial charge in [-0.1, -0.05) is 25.3 Å². The van der Waals surface area contributed by atoms with Crippen molar-refractivity contribution in [2.24, 2.45) is 5.92 Å². The van der Waals surface area contributed by atoms with Crippen LogP contribution in [0.1, 0.15) is 62.2 Å². The second kappa shape index (κ2) is 9.20. The predicted octanol–water partition coefficient (Wildman–Crippen LogP) is 3.19. The fourth-order valence-electron chi connectivity index (χ4n) is 3.07. The number of carbonyl (C=O) groups excluding carboxylic acids is 2. The van der Waals surface area contributed by atoms with Crippen LogP contribution >= 0.6 is 0 Å². The fourth-order valence-corrected chi connectivity index (χ4v) is 3.07. The van der Waals surface area contributed by atoms with E-state index in [4.69, 9.17) is 5.11 Å². The number of carboxylic acids is 1. The smallest absolute Gasteiger partial charge is 0.303 e. The lowest BCUT2D eigenvalue weighted by Gasteiger charge is -2.21. The number of nitrogens with one attached hydrogen (secondary N) is 2. The molecule has 2 rings (SSSR count). The Hall–Kier alpha value is -2.37. The minimum Gasteiger partial charge on any atom is -0.481 e. The number of carboxylic acid groups (broad SMARTS) is 1. The molecular formula is C19H26N2O4. The monoisotopic (exact) mass is 346 g/mol. The van der Waals surface area contributed by atoms with E-state index in [0.29, 0.717) is 17.7 Å². The van der Waals surface area contributed by atoms with Gasteiger partial charge in [-0.3, -0.25) is 14.4 Å². The van der Waals surface area contributed by atoms with E-state index in [1.807, 2.05) is 0 Å². The average molecular weight is 346 g/mol. The van der Waals surface area contributed by atoms with Gasteiger partial charge in [0.2, 0.25) is 5.91 Å². The molecule has 1 saturated carbocycles. The summed E-state index contributed by atoms with van der Waals surface area (Å²) in [7, 11) is 0. The van der Waals surface area contributed by atoms with Gasteiger partial charge in [-0.25, -0.2) is 0 Å². The van der Waals surface area contributed by atoms with Crippen molar-refractivity contribution in [2.75, 3.05) is 5.32 Å². The maximum absolute atomic E-state index is 12.3. The molecule has 136 valence electrons. The zero-order valence-corrected chi connectivity index (χ0v) is 14.6. The summed E-state index contributed by atoms with van der Waals surface area (Å²) in [5, 5.41) is 14.4. The maximum atomic E-state index is 12.3. The van der Waals surface area contributed by atoms with Gasteiger partial charge < -0.3 is 15.7 Å². The van der Waals surface area contributed by atoms with Crippen molar-refractivity contribution in [3.05, 3.63) is 29.8 Å². The van der Waals surface area contributed by atoms with Gasteiger partial charge in [0.1, 0.15) is 0 Å². The lowest BCUT2D eigenvalue weighted by atomic mass is 9.88. The van der Waals surface area contributed by atoms with Crippen LogP contribution in [0, 0.1) is 5.92 Å². The number of hydrogen-bond acceptors (Lipinski definition) is 3. The maximum Gasteiger partial charge on any atom is 0.303 e. The highest BCUT2D eigenvalue weighted by Crippen LogP contribution is 2.25. The Kier molecular flexibility index (Phi) is 6.98. The van der Waals surface area contributed by atoms with Gasteiger partial charge in [-0.2, -0.15) is 0 Å². The molecule has 6 heteroatoms. The Labute approximate surface area is 148 Å². The molecule has 0 heterocycles. The van der Waals surface area contributed by atoms with Crippen molar-refractivity contribution in [3.63, 3.8) is 0 Å². The van der Waals surface area contributed by atoms with Crippen LogP contribution in [0.3, 0.4) is 0 Å². The lowest BCUT2D eigenvalue weighted by molar-refractivity contribution is -0.137. The first-order valence-electron chi connectivity index (χ1n) is 8.89. The largest absolute Gasteiger partial charge is 0.481 e. The molecule has 0 spiro atoms. The van der Waals surface area contributed by atoms with Crippen LogP contribution in [0.15, 0.2) is 24.3 Å². The summed E-state index contributed by atoms with van der Waals surface area (Å²) in [5.74, 6) is -1.07. The van der Waals surface area contributed by atoms with Crippen LogP contribution in [0.4, 0.5) is 5.69 Å². The minimum atomic E-state index is -0.881. The summed E-state index contributed by atoms with van der Waals surface area (Å²) >= 11 is 0. The van der Waals surface area contributed by atoms with Gasteiger partial charge in [0.05, 0.1) is 0 Å². The van der Waals surface area contributed by atoms with Crippen LogP contribution in [0.25, 0.3) is 0 Å². The van der Waals surface area contributed by atoms with Gasteiger partial charge in [0.15, 0.2) is 0 Å². The summed E-state index contributed by atoms with van der Waals surface area (Å²) in [4.78, 5) is 35.2. The lowest BCUT2D eigenvalue weighted by Crippen LogP contribution is -2.33. The third-order valence-electron chi connectivity index (χ3n) is 4.54. The van der Waals surface area contributed by atoms with Gasteiger partial charge in [-0.15, -0.1) is 0 Å². The molecule has 0 saturated heterocycles. The Morgan fingerprint density at radius 1 is 1.20 bits per heavy atom. The summed E-state index contributed by atoms with van der Waals surface area (Å²) < 4.78 is 0. The van der Waals surface area contributed by atoms with E-state index < -0.39 is 5.97 Å². The molecule has 0 radical (unpaired) electrons. The molecule has 0 aliphatic heterocycles. The highest BCUT2D eigenvalue weighted by Gasteiger charge is 2.21. The summed E-state index contributed by atoms with van der Waals surface area (Å²) in [6, 6.07) is 6.60. The minimum absolute atomic E-state index is 0.0128. The first-order chi connectivity index (χ1) is 12.0. The molecule has 2 amide bonds. The van der Waals surface area contributed by atoms with Crippen LogP contribution < -0.4 is 10.6 Å². The van der Waals surface area contributed by atoms with E-state index in [2.05, 4.69) is 10.6 Å². The van der Waals surface area contributed by atoms with Gasteiger partial charge in [0, 0.05) is 29.6 Å². The molecule has 0 aromatic heterocycles. The third-order valence-corrected chi connectivity index (χ3v) is 4.54. The molecular weight excluding hydrogens is 320 g/mol. The zero-order valence-electron chi connectivity index (χ0n) is 14.6. The number of aliphatic carboxylic acids is 1. The highest BCUT2D eigenvalue weighted by molar-refractivity contribution is 5.97. The van der Waals surface area contributed by atoms with E-state index in [0.717, 1.165) is 25.7 Å². The highest BCUT2D eigenvalue weighted by atomic mass is 16.4. The first-order valence-corrected chi connectivity index (χ1v) is 8.89. The van der Waals surface area contributed by atoms with E-state index in [-0.39, 0.29) is 30.2 Å². The fraction of sp³-hybridized carbons (Fsp3) is 0.526. The molecule has 1 aliphatic carbocycles. The average Bonchev–Trinajstić information content (AvgIpc) is 2.61. The standard InChI is InChI=1S/C19H26N2O4/c1-13(10-11-17(22)23)20-19(25)15-8-5-9-16(12-15)21-18(24)14-6-3-2-4-7-14/h5,8-9,12-14H,2-4,6-7,10-11H2,1H3,(H,20,25)(H,21,24)(H,22,23). The quantitative estimate of drug-likeness (QED) is 0.706. The van der Waals surface area contributed by atoms with Crippen LogP contribution in [0.5, 0.6) is 0 Å². The molecule has 1 aromatic rings. The molecule has 0 bridgehead atoms. The third kappa shape index (κ3) is 6.21. The number of carbonyl (C=O) groups is 3. The second-order valence-electron chi connectivity index (χ2n) is 6.71. The number of rotatable bonds is 7. The summed E-state index contributed by atoms with van der Waals surface area (Å²) in [6.45, 7) is 1.77. The van der Waals surface area contributed by atoms with Gasteiger partial charge >= 0.3 is 5.97 Å². The van der Waals surface area contributed by atoms with Crippen molar-refractivity contribution >= 4 is 23.5 Å². The molecule has 6 nitrogen and oxygen atoms in total. The number of benzene rings is 1. The van der Waals surface area contributed by atoms with Crippen molar-refractivity contribution < 1.29 is 19.5 Å². The predicted molar refractivity (Wildman–Crippen MR) is 95.4 cm³/mol. The van der Waals surface area contributed by atoms with E-state index in [1.165, 1.54) is 6.42 Å². The molecule has 3 N–H and O–H groups in total. The molecule has 1 fully saturated rings. The number of hydrogen-bond donors (Lipinski definition) is 3. The zero-order chi connectivity index (χ0) is 18.2. The van der Waals surface area contributed by atoms with Crippen molar-refractivity contribution in [1.82, 2.24) is 5.32 Å². The Balaban J connectivity index is 1.92. The van der Waals surface area contributed by atoms with Gasteiger partial charge in [-0.05, 0) is 44.4 Å². The van der Waals surface area contributed by atoms with E-state index >= 15 is 0 Å². The van der Waals surface area contributed by atoms with Crippen LogP contribution in [-0.2, 0) is 9.59 Å². The van der Waals surface area contributed by atoms with Crippen molar-refractivity contribution in [1.29, 1.82) is 0 Å². The summed E-state index contributed by atoms with van der Waals surface area (Å²) in [6.07, 6.45) is 5.61. The number of amides is 2. The van der Waals surface area contributed by atoms with Crippen LogP contribution in [0.2, 0.25) is 0 Å². The topological polar surface area (TPSA) is 95.5 Å². The molecule has 1 aliphatic rings. The van der Waals surface area contributed by atoms with Gasteiger partial charge in [0.25, 0.3) is 5.91 Å². The van der Waals surface area contributed by atoms with E-state index in [9.17, 15) is 14.4 Å². The van der Waals surface area contributed by atoms with Crippen molar-refractivity contribution in [2.45, 2.75) is 57.9 Å². The first kappa shape index (κ1) is 19.0.